The Morgan fingerprint density at radius 3 is 1.34 bits per heavy atom. The van der Waals surface area contributed by atoms with Gasteiger partial charge in [0.1, 0.15) is 0 Å². The molecule has 50 heavy (non-hydrogen) atoms. The summed E-state index contributed by atoms with van der Waals surface area (Å²) in [5.41, 5.74) is 3.04. The zero-order valence-corrected chi connectivity index (χ0v) is 29.2. The van der Waals surface area contributed by atoms with Gasteiger partial charge in [-0.25, -0.2) is 0 Å². The van der Waals surface area contributed by atoms with E-state index in [1.165, 1.54) is 0 Å². The average Bonchev–Trinajstić information content (AvgIpc) is 3.88. The number of ether oxygens (including phenoxy) is 2. The molecule has 4 saturated heterocycles. The maximum atomic E-state index is 12.9. The summed E-state index contributed by atoms with van der Waals surface area (Å²) in [5.74, 6) is -1.49. The first-order chi connectivity index (χ1) is 24.1. The molecule has 0 spiro atoms. The van der Waals surface area contributed by atoms with Gasteiger partial charge in [-0.1, -0.05) is 46.4 Å². The molecule has 4 bridgehead atoms. The number of halogens is 4. The van der Waals surface area contributed by atoms with E-state index in [0.717, 1.165) is 11.1 Å². The van der Waals surface area contributed by atoms with Crippen LogP contribution in [0.15, 0.2) is 85.5 Å². The van der Waals surface area contributed by atoms with Crippen LogP contribution in [-0.2, 0) is 19.1 Å². The van der Waals surface area contributed by atoms with Gasteiger partial charge in [0.2, 0.25) is 11.8 Å². The molecule has 0 saturated carbocycles. The second-order valence-corrected chi connectivity index (χ2v) is 14.4. The van der Waals surface area contributed by atoms with Crippen molar-refractivity contribution in [2.24, 2.45) is 11.8 Å². The molecule has 2 amide bonds. The van der Waals surface area contributed by atoms with Crippen LogP contribution in [0.1, 0.15) is 35.8 Å². The second kappa shape index (κ2) is 14.7. The molecule has 4 aromatic rings. The largest absolute Gasteiger partial charge is 0.390 e. The quantitative estimate of drug-likeness (QED) is 0.174. The number of carbonyl (C=O) groups is 2. The predicted octanol–water partition coefficient (Wildman–Crippen LogP) is 6.52. The third-order valence-electron chi connectivity index (χ3n) is 9.81. The summed E-state index contributed by atoms with van der Waals surface area (Å²) in [4.78, 5) is 33.9. The summed E-state index contributed by atoms with van der Waals surface area (Å²) in [6.45, 7) is 0. The fourth-order valence-corrected chi connectivity index (χ4v) is 8.25. The SMILES string of the molecule is O=C(Nc1ccc(Cl)c(Cl)c1)[C@@H]1[C@H](c2ccncc2)[C@@H]2O[C@H]1C[C@H]2O.O=C(Nc1ccc(Cl)c(Cl)c1)[C@H]1[C@@H](c2ccncc2)[C@H]2O[C@@H]1C[C@@H]2O. The average molecular weight is 758 g/mol. The summed E-state index contributed by atoms with van der Waals surface area (Å²) in [5, 5.41) is 27.8. The molecule has 10 nitrogen and oxygen atoms in total. The fraction of sp³-hybridized carbons (Fsp3) is 0.333. The number of aliphatic hydroxyl groups is 2. The van der Waals surface area contributed by atoms with Crippen LogP contribution in [-0.4, -0.2) is 68.6 Å². The molecular formula is C36H32Cl4N4O6. The van der Waals surface area contributed by atoms with Crippen LogP contribution in [0, 0.1) is 11.8 Å². The van der Waals surface area contributed by atoms with Gasteiger partial charge in [0.15, 0.2) is 0 Å². The molecule has 2 aromatic carbocycles. The van der Waals surface area contributed by atoms with E-state index in [2.05, 4.69) is 20.6 Å². The maximum Gasteiger partial charge on any atom is 0.230 e. The van der Waals surface area contributed by atoms with Crippen molar-refractivity contribution in [3.63, 3.8) is 0 Å². The highest BCUT2D eigenvalue weighted by molar-refractivity contribution is 6.42. The van der Waals surface area contributed by atoms with Gasteiger partial charge in [0.05, 0.1) is 68.6 Å². The Bertz CT molecular complexity index is 1740. The lowest BCUT2D eigenvalue weighted by Crippen LogP contribution is -2.41. The Hall–Kier alpha value is -3.32. The molecule has 14 heteroatoms. The minimum absolute atomic E-state index is 0.153. The van der Waals surface area contributed by atoms with Gasteiger partial charge >= 0.3 is 0 Å². The van der Waals surface area contributed by atoms with E-state index in [0.29, 0.717) is 44.3 Å². The first-order valence-electron chi connectivity index (χ1n) is 16.1. The van der Waals surface area contributed by atoms with E-state index in [1.807, 2.05) is 24.3 Å². The molecular weight excluding hydrogens is 726 g/mol. The molecule has 8 rings (SSSR count). The van der Waals surface area contributed by atoms with E-state index >= 15 is 0 Å². The van der Waals surface area contributed by atoms with Gasteiger partial charge in [-0.2, -0.15) is 0 Å². The molecule has 4 aliphatic heterocycles. The lowest BCUT2D eigenvalue weighted by atomic mass is 9.74. The molecule has 10 atom stereocenters. The van der Waals surface area contributed by atoms with Gasteiger partial charge in [0.25, 0.3) is 0 Å². The first-order valence-corrected chi connectivity index (χ1v) is 17.6. The van der Waals surface area contributed by atoms with Crippen molar-refractivity contribution in [2.75, 3.05) is 10.6 Å². The number of pyridine rings is 2. The normalized spacial score (nSPS) is 30.4. The van der Waals surface area contributed by atoms with Gasteiger partial charge < -0.3 is 30.3 Å². The summed E-state index contributed by atoms with van der Waals surface area (Å²) >= 11 is 23.9. The van der Waals surface area contributed by atoms with Crippen LogP contribution in [0.4, 0.5) is 11.4 Å². The molecule has 4 fully saturated rings. The van der Waals surface area contributed by atoms with Crippen molar-refractivity contribution in [1.82, 2.24) is 9.97 Å². The predicted molar refractivity (Wildman–Crippen MR) is 190 cm³/mol. The van der Waals surface area contributed by atoms with E-state index in [1.54, 1.807) is 61.2 Å². The number of aliphatic hydroxyl groups excluding tert-OH is 2. The first kappa shape index (κ1) is 35.1. The van der Waals surface area contributed by atoms with Crippen molar-refractivity contribution in [3.05, 3.63) is 117 Å². The molecule has 0 aliphatic carbocycles. The Morgan fingerprint density at radius 1 is 0.600 bits per heavy atom. The van der Waals surface area contributed by atoms with Crippen molar-refractivity contribution < 1.29 is 29.3 Å². The number of anilines is 2. The highest BCUT2D eigenvalue weighted by Crippen LogP contribution is 2.50. The van der Waals surface area contributed by atoms with Gasteiger partial charge in [0, 0.05) is 60.8 Å². The highest BCUT2D eigenvalue weighted by Gasteiger charge is 2.58. The molecule has 4 N–H and O–H groups in total. The van der Waals surface area contributed by atoms with Crippen LogP contribution >= 0.6 is 46.4 Å². The lowest BCUT2D eigenvalue weighted by Gasteiger charge is -2.30. The number of hydrogen-bond acceptors (Lipinski definition) is 8. The van der Waals surface area contributed by atoms with Gasteiger partial charge in [-0.3, -0.25) is 19.6 Å². The lowest BCUT2D eigenvalue weighted by molar-refractivity contribution is -0.122. The van der Waals surface area contributed by atoms with Crippen molar-refractivity contribution in [3.8, 4) is 0 Å². The number of carbonyl (C=O) groups excluding carboxylic acids is 2. The third kappa shape index (κ3) is 6.96. The number of aromatic nitrogens is 2. The standard InChI is InChI=1S/2C18H16Cl2N2O3/c2*19-11-2-1-10(7-12(11)20)22-18(24)16-14-8-13(23)17(25-14)15(16)9-3-5-21-6-4-9/h2*1-7,13-17,23H,8H2,(H,22,24)/t2*13-,14+,15+,16+,17-/m10/s1. The molecule has 260 valence electrons. The monoisotopic (exact) mass is 756 g/mol. The molecule has 4 aliphatic rings. The molecule has 2 aromatic heterocycles. The number of fused-ring (bicyclic) bond motifs is 4. The Kier molecular flexibility index (Phi) is 10.3. The number of rotatable bonds is 6. The molecule has 6 heterocycles. The van der Waals surface area contributed by atoms with Gasteiger partial charge in [-0.15, -0.1) is 0 Å². The number of nitrogens with one attached hydrogen (secondary N) is 2. The Morgan fingerprint density at radius 2 is 0.980 bits per heavy atom. The number of nitrogens with zero attached hydrogens (tertiary/aromatic N) is 2. The Labute approximate surface area is 308 Å². The molecule has 0 unspecified atom stereocenters. The van der Waals surface area contributed by atoms with E-state index in [9.17, 15) is 19.8 Å². The van der Waals surface area contributed by atoms with E-state index in [-0.39, 0.29) is 59.9 Å². The number of hydrogen-bond donors (Lipinski definition) is 4. The summed E-state index contributed by atoms with van der Waals surface area (Å²) < 4.78 is 11.8. The minimum atomic E-state index is -0.558. The van der Waals surface area contributed by atoms with Crippen molar-refractivity contribution >= 4 is 69.6 Å². The van der Waals surface area contributed by atoms with E-state index in [4.69, 9.17) is 55.9 Å². The number of amides is 2. The Balaban J connectivity index is 0.000000157. The van der Waals surface area contributed by atoms with Crippen molar-refractivity contribution in [2.45, 2.75) is 61.3 Å². The summed E-state index contributed by atoms with van der Waals surface area (Å²) in [6.07, 6.45) is 5.18. The minimum Gasteiger partial charge on any atom is -0.390 e. The van der Waals surface area contributed by atoms with Crippen LogP contribution in [0.2, 0.25) is 20.1 Å². The summed E-state index contributed by atoms with van der Waals surface area (Å²) in [7, 11) is 0. The van der Waals surface area contributed by atoms with Crippen molar-refractivity contribution in [1.29, 1.82) is 0 Å². The topological polar surface area (TPSA) is 143 Å². The summed E-state index contributed by atoms with van der Waals surface area (Å²) in [6, 6.07) is 17.4. The maximum absolute atomic E-state index is 12.9. The van der Waals surface area contributed by atoms with Crippen LogP contribution in [0.5, 0.6) is 0 Å². The smallest absolute Gasteiger partial charge is 0.230 e. The second-order valence-electron chi connectivity index (χ2n) is 12.8. The van der Waals surface area contributed by atoms with Crippen LogP contribution in [0.3, 0.4) is 0 Å². The van der Waals surface area contributed by atoms with Crippen LogP contribution < -0.4 is 10.6 Å². The zero-order valence-electron chi connectivity index (χ0n) is 26.2. The van der Waals surface area contributed by atoms with Gasteiger partial charge in [-0.05, 0) is 71.8 Å². The number of benzene rings is 2. The zero-order chi connectivity index (χ0) is 35.1. The third-order valence-corrected chi connectivity index (χ3v) is 11.3. The van der Waals surface area contributed by atoms with Crippen LogP contribution in [0.25, 0.3) is 0 Å². The highest BCUT2D eigenvalue weighted by atomic mass is 35.5. The van der Waals surface area contributed by atoms with E-state index < -0.39 is 12.2 Å². The fourth-order valence-electron chi connectivity index (χ4n) is 7.65. The molecule has 0 radical (unpaired) electrons.